The van der Waals surface area contributed by atoms with Crippen LogP contribution in [0.2, 0.25) is 5.02 Å². The average Bonchev–Trinajstić information content (AvgIpc) is 3.06. The summed E-state index contributed by atoms with van der Waals surface area (Å²) in [6.07, 6.45) is 0. The average molecular weight is 292 g/mol. The summed E-state index contributed by atoms with van der Waals surface area (Å²) in [4.78, 5) is 2.23. The van der Waals surface area contributed by atoms with Crippen molar-refractivity contribution < 1.29 is 0 Å². The Morgan fingerprint density at radius 2 is 1.28 bits per heavy atom. The van der Waals surface area contributed by atoms with Gasteiger partial charge >= 0.3 is 0 Å². The molecule has 0 bridgehead atoms. The molecular formula is C14H10ClNS2. The van der Waals surface area contributed by atoms with Gasteiger partial charge < -0.3 is 4.90 Å². The number of benzene rings is 1. The Labute approximate surface area is 119 Å². The highest BCUT2D eigenvalue weighted by Gasteiger charge is 2.12. The molecular weight excluding hydrogens is 282 g/mol. The molecule has 1 aromatic carbocycles. The summed E-state index contributed by atoms with van der Waals surface area (Å²) in [5.41, 5.74) is 3.48. The number of halogens is 1. The summed E-state index contributed by atoms with van der Waals surface area (Å²) in [7, 11) is 0. The molecule has 0 radical (unpaired) electrons. The van der Waals surface area contributed by atoms with E-state index in [1.54, 1.807) is 22.7 Å². The fourth-order valence-corrected chi connectivity index (χ4v) is 3.17. The van der Waals surface area contributed by atoms with Gasteiger partial charge in [-0.3, -0.25) is 0 Å². The van der Waals surface area contributed by atoms with Crippen LogP contribution in [0.3, 0.4) is 0 Å². The van der Waals surface area contributed by atoms with Crippen molar-refractivity contribution >= 4 is 51.3 Å². The van der Waals surface area contributed by atoms with Gasteiger partial charge in [0.1, 0.15) is 0 Å². The molecule has 90 valence electrons. The molecule has 0 N–H and O–H groups in total. The maximum absolute atomic E-state index is 5.95. The highest BCUT2D eigenvalue weighted by Crippen LogP contribution is 2.36. The molecule has 0 aliphatic carbocycles. The van der Waals surface area contributed by atoms with E-state index >= 15 is 0 Å². The fraction of sp³-hybridized carbons (Fsp3) is 0. The smallest absolute Gasteiger partial charge is 0.0568 e. The zero-order valence-electron chi connectivity index (χ0n) is 9.42. The number of hydrogen-bond acceptors (Lipinski definition) is 3. The van der Waals surface area contributed by atoms with Crippen molar-refractivity contribution in [2.24, 2.45) is 0 Å². The maximum Gasteiger partial charge on any atom is 0.0568 e. The first kappa shape index (κ1) is 11.8. The minimum atomic E-state index is 0.759. The van der Waals surface area contributed by atoms with Gasteiger partial charge in [-0.2, -0.15) is 22.7 Å². The largest absolute Gasteiger partial charge is 0.309 e. The zero-order valence-corrected chi connectivity index (χ0v) is 11.8. The summed E-state index contributed by atoms with van der Waals surface area (Å²) in [5, 5.41) is 9.22. The molecule has 0 atom stereocenters. The Morgan fingerprint density at radius 3 is 1.72 bits per heavy atom. The van der Waals surface area contributed by atoms with Crippen LogP contribution in [0.25, 0.3) is 0 Å². The summed E-state index contributed by atoms with van der Waals surface area (Å²) in [6, 6.07) is 12.2. The van der Waals surface area contributed by atoms with E-state index in [0.29, 0.717) is 0 Å². The van der Waals surface area contributed by atoms with Gasteiger partial charge in [-0.05, 0) is 47.2 Å². The van der Waals surface area contributed by atoms with Crippen molar-refractivity contribution in [3.63, 3.8) is 0 Å². The van der Waals surface area contributed by atoms with Crippen LogP contribution in [0.1, 0.15) is 0 Å². The third-order valence-electron chi connectivity index (χ3n) is 2.61. The van der Waals surface area contributed by atoms with Gasteiger partial charge in [0.15, 0.2) is 0 Å². The van der Waals surface area contributed by atoms with E-state index in [9.17, 15) is 0 Å². The third-order valence-corrected chi connectivity index (χ3v) is 4.21. The first-order chi connectivity index (χ1) is 8.84. The summed E-state index contributed by atoms with van der Waals surface area (Å²) in [6.45, 7) is 0. The third kappa shape index (κ3) is 2.29. The summed E-state index contributed by atoms with van der Waals surface area (Å²) in [5.74, 6) is 0. The van der Waals surface area contributed by atoms with Crippen LogP contribution in [0.4, 0.5) is 17.1 Å². The first-order valence-corrected chi connectivity index (χ1v) is 7.71. The van der Waals surface area contributed by atoms with E-state index in [0.717, 1.165) is 10.7 Å². The van der Waals surface area contributed by atoms with Crippen LogP contribution in [0.5, 0.6) is 0 Å². The molecule has 1 nitrogen and oxygen atoms in total. The van der Waals surface area contributed by atoms with E-state index in [-0.39, 0.29) is 0 Å². The van der Waals surface area contributed by atoms with Gasteiger partial charge in [0.2, 0.25) is 0 Å². The first-order valence-electron chi connectivity index (χ1n) is 5.45. The Kier molecular flexibility index (Phi) is 3.37. The number of nitrogens with zero attached hydrogens (tertiary/aromatic N) is 1. The lowest BCUT2D eigenvalue weighted by Crippen LogP contribution is -2.07. The molecule has 18 heavy (non-hydrogen) atoms. The molecule has 0 aliphatic rings. The molecule has 0 unspecified atom stereocenters. The topological polar surface area (TPSA) is 3.24 Å². The van der Waals surface area contributed by atoms with Crippen LogP contribution in [-0.4, -0.2) is 0 Å². The second-order valence-corrected chi connectivity index (χ2v) is 5.77. The lowest BCUT2D eigenvalue weighted by molar-refractivity contribution is 1.31. The predicted octanol–water partition coefficient (Wildman–Crippen LogP) is 5.93. The monoisotopic (exact) mass is 291 g/mol. The molecule has 2 aromatic heterocycles. The maximum atomic E-state index is 5.95. The molecule has 4 heteroatoms. The zero-order chi connectivity index (χ0) is 12.4. The van der Waals surface area contributed by atoms with Crippen LogP contribution < -0.4 is 4.90 Å². The van der Waals surface area contributed by atoms with Crippen molar-refractivity contribution in [1.29, 1.82) is 0 Å². The lowest BCUT2D eigenvalue weighted by atomic mass is 10.2. The van der Waals surface area contributed by atoms with Gasteiger partial charge in [0, 0.05) is 21.5 Å². The Balaban J connectivity index is 2.08. The van der Waals surface area contributed by atoms with Gasteiger partial charge in [-0.1, -0.05) is 11.6 Å². The van der Waals surface area contributed by atoms with E-state index in [2.05, 4.69) is 38.6 Å². The highest BCUT2D eigenvalue weighted by atomic mass is 35.5. The van der Waals surface area contributed by atoms with E-state index in [1.807, 2.05) is 24.3 Å². The number of anilines is 3. The van der Waals surface area contributed by atoms with Crippen molar-refractivity contribution in [2.75, 3.05) is 4.90 Å². The molecule has 2 heterocycles. The SMILES string of the molecule is Clc1ccc(N(c2ccsc2)c2ccsc2)cc1. The number of thiophene rings is 2. The van der Waals surface area contributed by atoms with Crippen molar-refractivity contribution in [3.05, 3.63) is 62.9 Å². The fourth-order valence-electron chi connectivity index (χ4n) is 1.81. The second-order valence-electron chi connectivity index (χ2n) is 3.77. The highest BCUT2D eigenvalue weighted by molar-refractivity contribution is 7.08. The molecule has 0 saturated heterocycles. The summed E-state index contributed by atoms with van der Waals surface area (Å²) >= 11 is 9.35. The molecule has 3 rings (SSSR count). The van der Waals surface area contributed by atoms with Gasteiger partial charge in [-0.25, -0.2) is 0 Å². The second kappa shape index (κ2) is 5.14. The Morgan fingerprint density at radius 1 is 0.722 bits per heavy atom. The minimum absolute atomic E-state index is 0.759. The van der Waals surface area contributed by atoms with Crippen LogP contribution >= 0.6 is 34.3 Å². The molecule has 0 spiro atoms. The quantitative estimate of drug-likeness (QED) is 0.578. The molecule has 3 aromatic rings. The van der Waals surface area contributed by atoms with Gasteiger partial charge in [0.25, 0.3) is 0 Å². The Bertz CT molecular complexity index is 566. The normalized spacial score (nSPS) is 10.5. The van der Waals surface area contributed by atoms with E-state index < -0.39 is 0 Å². The van der Waals surface area contributed by atoms with Crippen molar-refractivity contribution in [1.82, 2.24) is 0 Å². The molecule has 0 fully saturated rings. The van der Waals surface area contributed by atoms with Crippen molar-refractivity contribution in [3.8, 4) is 0 Å². The van der Waals surface area contributed by atoms with Crippen LogP contribution in [0.15, 0.2) is 57.9 Å². The van der Waals surface area contributed by atoms with Gasteiger partial charge in [0.05, 0.1) is 11.4 Å². The number of hydrogen-bond donors (Lipinski definition) is 0. The van der Waals surface area contributed by atoms with E-state index in [4.69, 9.17) is 11.6 Å². The summed E-state index contributed by atoms with van der Waals surface area (Å²) < 4.78 is 0. The van der Waals surface area contributed by atoms with Crippen LogP contribution in [-0.2, 0) is 0 Å². The lowest BCUT2D eigenvalue weighted by Gasteiger charge is -2.22. The van der Waals surface area contributed by atoms with Crippen LogP contribution in [0, 0.1) is 0 Å². The van der Waals surface area contributed by atoms with E-state index in [1.165, 1.54) is 11.4 Å². The minimum Gasteiger partial charge on any atom is -0.309 e. The molecule has 0 aliphatic heterocycles. The molecule has 0 saturated carbocycles. The standard InChI is InChI=1S/C14H10ClNS2/c15-11-1-3-12(4-2-11)16(13-5-7-17-9-13)14-6-8-18-10-14/h1-10H. The predicted molar refractivity (Wildman–Crippen MR) is 81.9 cm³/mol. The van der Waals surface area contributed by atoms with Gasteiger partial charge in [-0.15, -0.1) is 0 Å². The van der Waals surface area contributed by atoms with Crippen molar-refractivity contribution in [2.45, 2.75) is 0 Å². The Hall–Kier alpha value is -1.29. The molecule has 0 amide bonds. The number of rotatable bonds is 3.